The molecule has 0 atom stereocenters. The summed E-state index contributed by atoms with van der Waals surface area (Å²) in [7, 11) is 1.84. The average Bonchev–Trinajstić information content (AvgIpc) is 3.31. The Hall–Kier alpha value is -4.07. The molecule has 1 N–H and O–H groups in total. The van der Waals surface area contributed by atoms with Crippen molar-refractivity contribution in [2.45, 2.75) is 13.1 Å². The molecule has 0 saturated carbocycles. The normalized spacial score (nSPS) is 12.8. The number of carbonyl (C=O) groups is 1. The number of fused-ring (bicyclic) bond motifs is 1. The molecule has 3 aromatic heterocycles. The lowest BCUT2D eigenvalue weighted by Crippen LogP contribution is -2.23. The van der Waals surface area contributed by atoms with E-state index in [1.54, 1.807) is 23.3 Å². The quantitative estimate of drug-likeness (QED) is 0.556. The predicted octanol–water partition coefficient (Wildman–Crippen LogP) is 3.17. The highest BCUT2D eigenvalue weighted by molar-refractivity contribution is 5.99. The van der Waals surface area contributed by atoms with Crippen LogP contribution in [0.4, 0.5) is 11.8 Å². The van der Waals surface area contributed by atoms with E-state index in [-0.39, 0.29) is 5.91 Å². The molecule has 1 amide bonds. The topological polar surface area (TPSA) is 88.8 Å². The van der Waals surface area contributed by atoms with E-state index >= 15 is 0 Å². The summed E-state index contributed by atoms with van der Waals surface area (Å²) in [4.78, 5) is 28.0. The van der Waals surface area contributed by atoms with Crippen molar-refractivity contribution in [1.29, 1.82) is 0 Å². The van der Waals surface area contributed by atoms with E-state index in [0.29, 0.717) is 24.6 Å². The zero-order valence-electron chi connectivity index (χ0n) is 16.4. The van der Waals surface area contributed by atoms with Gasteiger partial charge < -0.3 is 10.2 Å². The first kappa shape index (κ1) is 18.0. The number of benzene rings is 1. The summed E-state index contributed by atoms with van der Waals surface area (Å²) >= 11 is 0. The summed E-state index contributed by atoms with van der Waals surface area (Å²) in [5, 5.41) is 7.28. The third-order valence-corrected chi connectivity index (χ3v) is 5.08. The Morgan fingerprint density at radius 2 is 1.97 bits per heavy atom. The smallest absolute Gasteiger partial charge is 0.254 e. The van der Waals surface area contributed by atoms with E-state index in [0.717, 1.165) is 28.3 Å². The van der Waals surface area contributed by atoms with Gasteiger partial charge in [0.15, 0.2) is 0 Å². The molecule has 148 valence electrons. The molecule has 8 heteroatoms. The zero-order valence-corrected chi connectivity index (χ0v) is 16.4. The van der Waals surface area contributed by atoms with Gasteiger partial charge >= 0.3 is 0 Å². The van der Waals surface area contributed by atoms with Gasteiger partial charge in [-0.15, -0.1) is 0 Å². The predicted molar refractivity (Wildman–Crippen MR) is 112 cm³/mol. The van der Waals surface area contributed by atoms with Gasteiger partial charge in [0.2, 0.25) is 5.95 Å². The van der Waals surface area contributed by atoms with Crippen LogP contribution in [-0.2, 0) is 20.1 Å². The molecule has 4 heterocycles. The van der Waals surface area contributed by atoms with Crippen LogP contribution < -0.4 is 5.32 Å². The van der Waals surface area contributed by atoms with Gasteiger partial charge in [-0.05, 0) is 29.8 Å². The molecule has 1 aliphatic heterocycles. The third kappa shape index (κ3) is 3.39. The van der Waals surface area contributed by atoms with Crippen molar-refractivity contribution in [2.75, 3.05) is 5.32 Å². The minimum atomic E-state index is 0.0137. The van der Waals surface area contributed by atoms with Crippen molar-refractivity contribution in [2.24, 2.45) is 7.05 Å². The minimum Gasteiger partial charge on any atom is -0.328 e. The van der Waals surface area contributed by atoms with Gasteiger partial charge in [0.1, 0.15) is 5.82 Å². The van der Waals surface area contributed by atoms with Crippen LogP contribution in [0.3, 0.4) is 0 Å². The molecule has 30 heavy (non-hydrogen) atoms. The molecule has 0 fully saturated rings. The first-order valence-corrected chi connectivity index (χ1v) is 9.58. The molecule has 5 rings (SSSR count). The second-order valence-electron chi connectivity index (χ2n) is 7.08. The first-order chi connectivity index (χ1) is 14.7. The number of rotatable bonds is 5. The van der Waals surface area contributed by atoms with Gasteiger partial charge in [-0.25, -0.2) is 9.97 Å². The summed E-state index contributed by atoms with van der Waals surface area (Å²) < 4.78 is 1.71. The third-order valence-electron chi connectivity index (χ3n) is 5.08. The largest absolute Gasteiger partial charge is 0.328 e. The van der Waals surface area contributed by atoms with Gasteiger partial charge in [0.25, 0.3) is 5.91 Å². The van der Waals surface area contributed by atoms with Crippen molar-refractivity contribution in [1.82, 2.24) is 29.6 Å². The van der Waals surface area contributed by atoms with Crippen LogP contribution in [0.15, 0.2) is 67.1 Å². The summed E-state index contributed by atoms with van der Waals surface area (Å²) in [5.74, 6) is 1.28. The molecule has 0 aliphatic carbocycles. The van der Waals surface area contributed by atoms with Gasteiger partial charge in [-0.2, -0.15) is 5.10 Å². The molecular weight excluding hydrogens is 378 g/mol. The minimum absolute atomic E-state index is 0.0137. The first-order valence-electron chi connectivity index (χ1n) is 9.58. The maximum Gasteiger partial charge on any atom is 0.254 e. The van der Waals surface area contributed by atoms with Gasteiger partial charge in [-0.1, -0.05) is 18.2 Å². The summed E-state index contributed by atoms with van der Waals surface area (Å²) in [6.45, 7) is 1.08. The molecule has 0 radical (unpaired) electrons. The number of hydrogen-bond acceptors (Lipinski definition) is 6. The highest BCUT2D eigenvalue weighted by Gasteiger charge is 2.28. The Morgan fingerprint density at radius 3 is 2.77 bits per heavy atom. The van der Waals surface area contributed by atoms with E-state index in [9.17, 15) is 4.79 Å². The molecule has 8 nitrogen and oxygen atoms in total. The molecule has 0 unspecified atom stereocenters. The number of nitrogens with zero attached hydrogens (tertiary/aromatic N) is 6. The van der Waals surface area contributed by atoms with Crippen molar-refractivity contribution < 1.29 is 4.79 Å². The van der Waals surface area contributed by atoms with E-state index in [1.807, 2.05) is 60.5 Å². The van der Waals surface area contributed by atoms with Crippen LogP contribution in [0, 0.1) is 0 Å². The highest BCUT2D eigenvalue weighted by Crippen LogP contribution is 2.29. The second kappa shape index (κ2) is 7.40. The Labute approximate surface area is 173 Å². The Bertz CT molecular complexity index is 1220. The Balaban J connectivity index is 1.39. The van der Waals surface area contributed by atoms with E-state index in [2.05, 4.69) is 25.4 Å². The van der Waals surface area contributed by atoms with Crippen LogP contribution in [0.1, 0.15) is 21.6 Å². The molecule has 1 aromatic carbocycles. The summed E-state index contributed by atoms with van der Waals surface area (Å²) in [6.07, 6.45) is 5.14. The maximum atomic E-state index is 12.9. The molecule has 4 aromatic rings. The number of aromatic nitrogens is 5. The average molecular weight is 397 g/mol. The maximum absolute atomic E-state index is 12.9. The molecular formula is C22H19N7O. The molecule has 0 saturated heterocycles. The van der Waals surface area contributed by atoms with Crippen LogP contribution in [0.2, 0.25) is 0 Å². The van der Waals surface area contributed by atoms with Gasteiger partial charge in [-0.3, -0.25) is 14.5 Å². The van der Waals surface area contributed by atoms with E-state index in [1.165, 1.54) is 0 Å². The monoisotopic (exact) mass is 397 g/mol. The fourth-order valence-electron chi connectivity index (χ4n) is 3.53. The second-order valence-corrected chi connectivity index (χ2v) is 7.08. The summed E-state index contributed by atoms with van der Waals surface area (Å²) in [5.41, 5.74) is 4.22. The van der Waals surface area contributed by atoms with Crippen LogP contribution in [0.25, 0.3) is 11.3 Å². The zero-order chi connectivity index (χ0) is 20.5. The van der Waals surface area contributed by atoms with Crippen molar-refractivity contribution >= 4 is 17.7 Å². The number of nitrogens with one attached hydrogen (secondary N) is 1. The van der Waals surface area contributed by atoms with Crippen molar-refractivity contribution in [3.8, 4) is 11.3 Å². The number of aryl methyl sites for hydroxylation is 1. The number of hydrogen-bond donors (Lipinski definition) is 1. The summed E-state index contributed by atoms with van der Waals surface area (Å²) in [6, 6.07) is 15.3. The van der Waals surface area contributed by atoms with Crippen LogP contribution in [-0.4, -0.2) is 35.5 Å². The van der Waals surface area contributed by atoms with E-state index in [4.69, 9.17) is 0 Å². The fourth-order valence-corrected chi connectivity index (χ4v) is 3.53. The lowest BCUT2D eigenvalue weighted by Gasteiger charge is -2.14. The van der Waals surface area contributed by atoms with Gasteiger partial charge in [0, 0.05) is 43.2 Å². The van der Waals surface area contributed by atoms with Gasteiger partial charge in [0.05, 0.1) is 24.1 Å². The van der Waals surface area contributed by atoms with Crippen LogP contribution in [0.5, 0.6) is 0 Å². The molecule has 1 aliphatic rings. The highest BCUT2D eigenvalue weighted by atomic mass is 16.2. The SMILES string of the molecule is Cn1nccc1Nc1nccc(-c2ccc3c(c2)C(=O)N(Cc2ccccn2)C3)n1. The lowest BCUT2D eigenvalue weighted by molar-refractivity contribution is 0.0764. The van der Waals surface area contributed by atoms with Crippen LogP contribution >= 0.6 is 0 Å². The standard InChI is InChI=1S/C22H19N7O/c1-28-20(8-11-25-28)27-22-24-10-7-19(26-22)15-5-6-16-13-29(21(30)18(16)12-15)14-17-4-2-3-9-23-17/h2-12H,13-14H2,1H3,(H,24,26,27). The number of anilines is 2. The Morgan fingerprint density at radius 1 is 1.03 bits per heavy atom. The van der Waals surface area contributed by atoms with Crippen molar-refractivity contribution in [3.05, 3.63) is 83.9 Å². The van der Waals surface area contributed by atoms with Crippen molar-refractivity contribution in [3.63, 3.8) is 0 Å². The van der Waals surface area contributed by atoms with E-state index < -0.39 is 0 Å². The lowest BCUT2D eigenvalue weighted by atomic mass is 10.0. The number of pyridine rings is 1. The molecule has 0 bridgehead atoms. The number of amides is 1. The number of carbonyl (C=O) groups excluding carboxylic acids is 1. The fraction of sp³-hybridized carbons (Fsp3) is 0.136. The molecule has 0 spiro atoms. The Kier molecular flexibility index (Phi) is 4.44.